The van der Waals surface area contributed by atoms with E-state index in [-0.39, 0.29) is 10.5 Å². The number of aryl methyl sites for hydroxylation is 1. The van der Waals surface area contributed by atoms with Gasteiger partial charge in [-0.2, -0.15) is 4.72 Å². The first-order chi connectivity index (χ1) is 12.2. The van der Waals surface area contributed by atoms with Gasteiger partial charge in [-0.1, -0.05) is 6.07 Å². The number of carbonyl (C=O) groups is 2. The summed E-state index contributed by atoms with van der Waals surface area (Å²) in [4.78, 5) is 23.0. The molecule has 0 spiro atoms. The molecule has 0 aliphatic carbocycles. The Balaban J connectivity index is 2.08. The SMILES string of the molecule is COC(=O)CNS(=O)(=O)c1ccc(NC(=O)c2ccc(C)c(F)c2)cc1. The van der Waals surface area contributed by atoms with Crippen LogP contribution in [0.3, 0.4) is 0 Å². The average molecular weight is 380 g/mol. The van der Waals surface area contributed by atoms with Gasteiger partial charge in [0.05, 0.1) is 12.0 Å². The lowest BCUT2D eigenvalue weighted by Crippen LogP contribution is -2.30. The van der Waals surface area contributed by atoms with Crippen LogP contribution in [-0.4, -0.2) is 33.9 Å². The number of sulfonamides is 1. The van der Waals surface area contributed by atoms with Crippen LogP contribution in [0.5, 0.6) is 0 Å². The van der Waals surface area contributed by atoms with Crippen molar-refractivity contribution in [3.8, 4) is 0 Å². The maximum Gasteiger partial charge on any atom is 0.320 e. The summed E-state index contributed by atoms with van der Waals surface area (Å²) >= 11 is 0. The van der Waals surface area contributed by atoms with Gasteiger partial charge in [0.1, 0.15) is 12.4 Å². The van der Waals surface area contributed by atoms with E-state index in [1.54, 1.807) is 6.92 Å². The Bertz CT molecular complexity index is 927. The van der Waals surface area contributed by atoms with Crippen molar-refractivity contribution in [2.45, 2.75) is 11.8 Å². The normalized spacial score (nSPS) is 11.0. The van der Waals surface area contributed by atoms with Gasteiger partial charge in [0.2, 0.25) is 10.0 Å². The van der Waals surface area contributed by atoms with Crippen LogP contribution in [0.2, 0.25) is 0 Å². The second-order valence-electron chi connectivity index (χ2n) is 5.34. The maximum atomic E-state index is 13.5. The molecule has 0 aliphatic heterocycles. The van der Waals surface area contributed by atoms with Crippen molar-refractivity contribution < 1.29 is 27.1 Å². The fourth-order valence-corrected chi connectivity index (χ4v) is 2.93. The molecule has 0 saturated carbocycles. The smallest absolute Gasteiger partial charge is 0.320 e. The number of halogens is 1. The zero-order valence-corrected chi connectivity index (χ0v) is 14.9. The minimum Gasteiger partial charge on any atom is -0.468 e. The Morgan fingerprint density at radius 1 is 1.12 bits per heavy atom. The van der Waals surface area contributed by atoms with Gasteiger partial charge in [-0.05, 0) is 48.9 Å². The molecule has 2 aromatic rings. The highest BCUT2D eigenvalue weighted by Crippen LogP contribution is 2.16. The largest absolute Gasteiger partial charge is 0.468 e. The molecule has 7 nitrogen and oxygen atoms in total. The van der Waals surface area contributed by atoms with Crippen molar-refractivity contribution in [3.63, 3.8) is 0 Å². The Labute approximate surface area is 150 Å². The number of hydrogen-bond donors (Lipinski definition) is 2. The molecular weight excluding hydrogens is 363 g/mol. The lowest BCUT2D eigenvalue weighted by molar-refractivity contribution is -0.139. The van der Waals surface area contributed by atoms with Crippen LogP contribution >= 0.6 is 0 Å². The third-order valence-electron chi connectivity index (χ3n) is 3.49. The molecule has 2 aromatic carbocycles. The van der Waals surface area contributed by atoms with Gasteiger partial charge in [0, 0.05) is 11.3 Å². The van der Waals surface area contributed by atoms with Crippen molar-refractivity contribution in [2.75, 3.05) is 19.0 Å². The van der Waals surface area contributed by atoms with E-state index in [9.17, 15) is 22.4 Å². The summed E-state index contributed by atoms with van der Waals surface area (Å²) < 4.78 is 44.0. The van der Waals surface area contributed by atoms with Crippen LogP contribution in [-0.2, 0) is 19.6 Å². The molecule has 0 heterocycles. The number of amides is 1. The highest BCUT2D eigenvalue weighted by molar-refractivity contribution is 7.89. The molecule has 0 saturated heterocycles. The van der Waals surface area contributed by atoms with Crippen LogP contribution < -0.4 is 10.0 Å². The van der Waals surface area contributed by atoms with Crippen molar-refractivity contribution in [2.24, 2.45) is 0 Å². The lowest BCUT2D eigenvalue weighted by atomic mass is 10.1. The third kappa shape index (κ3) is 4.87. The molecule has 0 aliphatic rings. The van der Waals surface area contributed by atoms with E-state index in [4.69, 9.17) is 0 Å². The predicted octanol–water partition coefficient (Wildman–Crippen LogP) is 1.84. The molecule has 9 heteroatoms. The van der Waals surface area contributed by atoms with Gasteiger partial charge < -0.3 is 10.1 Å². The van der Waals surface area contributed by atoms with E-state index in [0.29, 0.717) is 11.3 Å². The summed E-state index contributed by atoms with van der Waals surface area (Å²) in [7, 11) is -2.74. The molecule has 0 aromatic heterocycles. The number of esters is 1. The van der Waals surface area contributed by atoms with E-state index in [1.165, 1.54) is 36.4 Å². The fraction of sp³-hybridized carbons (Fsp3) is 0.176. The summed E-state index contributed by atoms with van der Waals surface area (Å²) in [5, 5.41) is 2.55. The molecule has 1 amide bonds. The minimum atomic E-state index is -3.89. The molecule has 2 rings (SSSR count). The van der Waals surface area contributed by atoms with Gasteiger partial charge in [-0.3, -0.25) is 9.59 Å². The Hall–Kier alpha value is -2.78. The van der Waals surface area contributed by atoms with E-state index in [0.717, 1.165) is 13.2 Å². The summed E-state index contributed by atoms with van der Waals surface area (Å²) in [6.45, 7) is 1.10. The lowest BCUT2D eigenvalue weighted by Gasteiger charge is -2.08. The van der Waals surface area contributed by atoms with Gasteiger partial charge >= 0.3 is 5.97 Å². The molecular formula is C17H17FN2O5S. The molecule has 0 radical (unpaired) electrons. The first-order valence-corrected chi connectivity index (χ1v) is 8.95. The number of benzene rings is 2. The van der Waals surface area contributed by atoms with Gasteiger partial charge in [0.25, 0.3) is 5.91 Å². The average Bonchev–Trinajstić information content (AvgIpc) is 2.62. The number of nitrogens with one attached hydrogen (secondary N) is 2. The van der Waals surface area contributed by atoms with Gasteiger partial charge in [-0.15, -0.1) is 0 Å². The summed E-state index contributed by atoms with van der Waals surface area (Å²) in [5.41, 5.74) is 0.906. The van der Waals surface area contributed by atoms with Crippen LogP contribution in [0, 0.1) is 12.7 Å². The third-order valence-corrected chi connectivity index (χ3v) is 4.91. The molecule has 2 N–H and O–H groups in total. The first kappa shape index (κ1) is 19.5. The van der Waals surface area contributed by atoms with Crippen molar-refractivity contribution in [3.05, 3.63) is 59.4 Å². The second kappa shape index (κ2) is 8.07. The van der Waals surface area contributed by atoms with Gasteiger partial charge in [-0.25, -0.2) is 12.8 Å². The molecule has 138 valence electrons. The Morgan fingerprint density at radius 3 is 2.35 bits per heavy atom. The van der Waals surface area contributed by atoms with Crippen LogP contribution in [0.15, 0.2) is 47.4 Å². The maximum absolute atomic E-state index is 13.5. The number of methoxy groups -OCH3 is 1. The van der Waals surface area contributed by atoms with Crippen molar-refractivity contribution >= 4 is 27.6 Å². The first-order valence-electron chi connectivity index (χ1n) is 7.47. The standard InChI is InChI=1S/C17H17FN2O5S/c1-11-3-4-12(9-15(11)18)17(22)20-13-5-7-14(8-6-13)26(23,24)19-10-16(21)25-2/h3-9,19H,10H2,1-2H3,(H,20,22). The van der Waals surface area contributed by atoms with E-state index < -0.39 is 34.3 Å². The summed E-state index contributed by atoms with van der Waals surface area (Å²) in [5.74, 6) is -1.73. The van der Waals surface area contributed by atoms with Crippen LogP contribution in [0.4, 0.5) is 10.1 Å². The predicted molar refractivity (Wildman–Crippen MR) is 92.7 cm³/mol. The van der Waals surface area contributed by atoms with E-state index in [1.807, 2.05) is 0 Å². The fourth-order valence-electron chi connectivity index (χ4n) is 1.96. The number of rotatable bonds is 6. The zero-order chi connectivity index (χ0) is 19.3. The quantitative estimate of drug-likeness (QED) is 0.745. The number of hydrogen-bond acceptors (Lipinski definition) is 5. The van der Waals surface area contributed by atoms with Gasteiger partial charge in [0.15, 0.2) is 0 Å². The van der Waals surface area contributed by atoms with Crippen molar-refractivity contribution in [1.29, 1.82) is 0 Å². The molecule has 26 heavy (non-hydrogen) atoms. The molecule has 0 fully saturated rings. The second-order valence-corrected chi connectivity index (χ2v) is 7.11. The summed E-state index contributed by atoms with van der Waals surface area (Å²) in [6.07, 6.45) is 0. The highest BCUT2D eigenvalue weighted by Gasteiger charge is 2.16. The van der Waals surface area contributed by atoms with Crippen LogP contribution in [0.25, 0.3) is 0 Å². The molecule has 0 atom stereocenters. The van der Waals surface area contributed by atoms with E-state index in [2.05, 4.69) is 14.8 Å². The van der Waals surface area contributed by atoms with E-state index >= 15 is 0 Å². The monoisotopic (exact) mass is 380 g/mol. The Morgan fingerprint density at radius 2 is 1.77 bits per heavy atom. The Kier molecular flexibility index (Phi) is 6.06. The molecule has 0 bridgehead atoms. The highest BCUT2D eigenvalue weighted by atomic mass is 32.2. The molecule has 0 unspecified atom stereocenters. The number of carbonyl (C=O) groups excluding carboxylic acids is 2. The number of ether oxygens (including phenoxy) is 1. The summed E-state index contributed by atoms with van der Waals surface area (Å²) in [6, 6.07) is 9.41. The van der Waals surface area contributed by atoms with Crippen LogP contribution in [0.1, 0.15) is 15.9 Å². The zero-order valence-electron chi connectivity index (χ0n) is 14.1. The van der Waals surface area contributed by atoms with Crippen molar-refractivity contribution in [1.82, 2.24) is 4.72 Å². The number of anilines is 1. The topological polar surface area (TPSA) is 102 Å². The minimum absolute atomic E-state index is 0.0826.